The molecule has 0 aliphatic heterocycles. The Balaban J connectivity index is 2.25. The number of fused-ring (bicyclic) bond motifs is 1. The summed E-state index contributed by atoms with van der Waals surface area (Å²) < 4.78 is 24.0. The van der Waals surface area contributed by atoms with E-state index in [0.717, 1.165) is 22.5 Å². The fraction of sp³-hybridized carbons (Fsp3) is 0.200. The molecular weight excluding hydrogens is 302 g/mol. The smallest absolute Gasteiger partial charge is 0.237 e. The molecule has 0 spiro atoms. The molecule has 6 nitrogen and oxygen atoms in total. The first-order valence-electron chi connectivity index (χ1n) is 6.54. The summed E-state index contributed by atoms with van der Waals surface area (Å²) in [5, 5.41) is 4.64. The van der Waals surface area contributed by atoms with Crippen LogP contribution in [-0.4, -0.2) is 39.3 Å². The summed E-state index contributed by atoms with van der Waals surface area (Å²) >= 11 is 0. The number of rotatable bonds is 4. The van der Waals surface area contributed by atoms with Crippen molar-refractivity contribution in [3.05, 3.63) is 36.5 Å². The highest BCUT2D eigenvalue weighted by molar-refractivity contribution is 7.84. The van der Waals surface area contributed by atoms with Gasteiger partial charge in [0.2, 0.25) is 5.16 Å². The van der Waals surface area contributed by atoms with Crippen molar-refractivity contribution in [3.63, 3.8) is 0 Å². The van der Waals surface area contributed by atoms with E-state index in [4.69, 9.17) is 9.47 Å². The largest absolute Gasteiger partial charge is 0.497 e. The van der Waals surface area contributed by atoms with Gasteiger partial charge in [-0.3, -0.25) is 4.21 Å². The van der Waals surface area contributed by atoms with Crippen LogP contribution < -0.4 is 9.47 Å². The molecular formula is C15H15N3O3S. The zero-order valence-corrected chi connectivity index (χ0v) is 13.3. The number of ether oxygens (including phenoxy) is 2. The van der Waals surface area contributed by atoms with E-state index in [2.05, 4.69) is 10.1 Å². The van der Waals surface area contributed by atoms with Crippen molar-refractivity contribution in [1.82, 2.24) is 14.6 Å². The molecule has 2 heterocycles. The van der Waals surface area contributed by atoms with Crippen LogP contribution in [0.1, 0.15) is 0 Å². The molecule has 1 atom stereocenters. The zero-order chi connectivity index (χ0) is 15.7. The maximum atomic E-state index is 11.6. The van der Waals surface area contributed by atoms with Crippen LogP contribution in [0.3, 0.4) is 0 Å². The Morgan fingerprint density at radius 1 is 1.14 bits per heavy atom. The molecule has 0 saturated carbocycles. The van der Waals surface area contributed by atoms with Gasteiger partial charge in [0.05, 0.1) is 42.4 Å². The Morgan fingerprint density at radius 3 is 2.64 bits per heavy atom. The summed E-state index contributed by atoms with van der Waals surface area (Å²) in [5.41, 5.74) is 2.47. The second-order valence-electron chi connectivity index (χ2n) is 4.62. The Kier molecular flexibility index (Phi) is 3.81. The normalized spacial score (nSPS) is 12.3. The summed E-state index contributed by atoms with van der Waals surface area (Å²) in [7, 11) is 1.98. The van der Waals surface area contributed by atoms with Crippen LogP contribution in [0, 0.1) is 0 Å². The van der Waals surface area contributed by atoms with E-state index in [1.54, 1.807) is 31.2 Å². The number of aromatic nitrogens is 3. The number of benzene rings is 1. The van der Waals surface area contributed by atoms with Crippen LogP contribution in [0.15, 0.2) is 41.7 Å². The number of hydrogen-bond acceptors (Lipinski definition) is 5. The van der Waals surface area contributed by atoms with Crippen molar-refractivity contribution >= 4 is 16.3 Å². The van der Waals surface area contributed by atoms with Crippen molar-refractivity contribution in [2.75, 3.05) is 20.5 Å². The summed E-state index contributed by atoms with van der Waals surface area (Å²) in [5.74, 6) is 1.43. The summed E-state index contributed by atoms with van der Waals surface area (Å²) in [6, 6.07) is 9.37. The molecule has 0 aliphatic rings. The minimum absolute atomic E-state index is 0.284. The second kappa shape index (κ2) is 5.76. The van der Waals surface area contributed by atoms with Crippen molar-refractivity contribution in [1.29, 1.82) is 0 Å². The molecule has 0 radical (unpaired) electrons. The van der Waals surface area contributed by atoms with Crippen molar-refractivity contribution < 1.29 is 13.7 Å². The van der Waals surface area contributed by atoms with Crippen LogP contribution in [0.2, 0.25) is 0 Å². The van der Waals surface area contributed by atoms with Crippen LogP contribution in [0.25, 0.3) is 16.8 Å². The van der Waals surface area contributed by atoms with Crippen LogP contribution >= 0.6 is 0 Å². The molecule has 3 rings (SSSR count). The molecule has 1 aromatic carbocycles. The molecule has 22 heavy (non-hydrogen) atoms. The standard InChI is InChI=1S/C15H15N3O3S/c1-20-11-5-7-14(21-2)12(8-11)13-6-4-10-9-16-15(22(3)19)17-18(10)13/h4-9H,1-3H3. The SMILES string of the molecule is COc1ccc(OC)c(-c2ccc3cnc(S(C)=O)nn23)c1. The summed E-state index contributed by atoms with van der Waals surface area (Å²) in [4.78, 5) is 4.10. The lowest BCUT2D eigenvalue weighted by Gasteiger charge is -2.10. The highest BCUT2D eigenvalue weighted by atomic mass is 32.2. The third-order valence-electron chi connectivity index (χ3n) is 3.32. The third kappa shape index (κ3) is 2.43. The molecule has 114 valence electrons. The van der Waals surface area contributed by atoms with E-state index < -0.39 is 10.8 Å². The fourth-order valence-electron chi connectivity index (χ4n) is 2.24. The molecule has 3 aromatic rings. The van der Waals surface area contributed by atoms with Gasteiger partial charge in [-0.25, -0.2) is 9.50 Å². The molecule has 0 saturated heterocycles. The topological polar surface area (TPSA) is 65.7 Å². The van der Waals surface area contributed by atoms with Gasteiger partial charge in [0.1, 0.15) is 11.5 Å². The van der Waals surface area contributed by atoms with Gasteiger partial charge in [-0.05, 0) is 30.3 Å². The summed E-state index contributed by atoms with van der Waals surface area (Å²) in [6.07, 6.45) is 3.20. The van der Waals surface area contributed by atoms with E-state index in [1.165, 1.54) is 0 Å². The number of nitrogens with zero attached hydrogens (tertiary/aromatic N) is 3. The second-order valence-corrected chi connectivity index (χ2v) is 5.89. The van der Waals surface area contributed by atoms with Gasteiger partial charge >= 0.3 is 0 Å². The number of methoxy groups -OCH3 is 2. The van der Waals surface area contributed by atoms with E-state index in [1.807, 2.05) is 30.3 Å². The lowest BCUT2D eigenvalue weighted by molar-refractivity contribution is 0.404. The quantitative estimate of drug-likeness (QED) is 0.737. The maximum Gasteiger partial charge on any atom is 0.237 e. The van der Waals surface area contributed by atoms with Gasteiger partial charge in [-0.1, -0.05) is 0 Å². The van der Waals surface area contributed by atoms with E-state index in [9.17, 15) is 4.21 Å². The molecule has 0 aliphatic carbocycles. The van der Waals surface area contributed by atoms with Crippen molar-refractivity contribution in [3.8, 4) is 22.8 Å². The Bertz CT molecular complexity index is 860. The molecule has 2 aromatic heterocycles. The highest BCUT2D eigenvalue weighted by Crippen LogP contribution is 2.34. The number of hydrogen-bond donors (Lipinski definition) is 0. The van der Waals surface area contributed by atoms with Crippen LogP contribution in [-0.2, 0) is 10.8 Å². The monoisotopic (exact) mass is 317 g/mol. The molecule has 0 fully saturated rings. The van der Waals surface area contributed by atoms with Gasteiger partial charge in [0.25, 0.3) is 0 Å². The average molecular weight is 317 g/mol. The van der Waals surface area contributed by atoms with Gasteiger partial charge in [0, 0.05) is 11.8 Å². The Morgan fingerprint density at radius 2 is 1.95 bits per heavy atom. The lowest BCUT2D eigenvalue weighted by atomic mass is 10.1. The predicted octanol–water partition coefficient (Wildman–Crippen LogP) is 2.15. The molecule has 1 unspecified atom stereocenters. The van der Waals surface area contributed by atoms with E-state index >= 15 is 0 Å². The maximum absolute atomic E-state index is 11.6. The Hall–Kier alpha value is -2.41. The summed E-state index contributed by atoms with van der Waals surface area (Å²) in [6.45, 7) is 0. The van der Waals surface area contributed by atoms with E-state index in [0.29, 0.717) is 5.75 Å². The van der Waals surface area contributed by atoms with Gasteiger partial charge < -0.3 is 9.47 Å². The molecule has 0 amide bonds. The average Bonchev–Trinajstić information content (AvgIpc) is 2.97. The molecule has 0 N–H and O–H groups in total. The van der Waals surface area contributed by atoms with Crippen LogP contribution in [0.4, 0.5) is 0 Å². The fourth-order valence-corrected chi connectivity index (χ4v) is 2.63. The first-order valence-corrected chi connectivity index (χ1v) is 8.10. The van der Waals surface area contributed by atoms with Gasteiger partial charge in [-0.2, -0.15) is 0 Å². The minimum atomic E-state index is -1.25. The molecule has 7 heteroatoms. The minimum Gasteiger partial charge on any atom is -0.497 e. The van der Waals surface area contributed by atoms with Crippen molar-refractivity contribution in [2.24, 2.45) is 0 Å². The van der Waals surface area contributed by atoms with Gasteiger partial charge in [0.15, 0.2) is 0 Å². The first-order chi connectivity index (χ1) is 10.6. The third-order valence-corrected chi connectivity index (χ3v) is 4.02. The first kappa shape index (κ1) is 14.5. The Labute approximate surface area is 130 Å². The predicted molar refractivity (Wildman–Crippen MR) is 83.9 cm³/mol. The van der Waals surface area contributed by atoms with E-state index in [-0.39, 0.29) is 5.16 Å². The molecule has 0 bridgehead atoms. The van der Waals surface area contributed by atoms with Gasteiger partial charge in [-0.15, -0.1) is 5.10 Å². The lowest BCUT2D eigenvalue weighted by Crippen LogP contribution is -2.03. The zero-order valence-electron chi connectivity index (χ0n) is 12.4. The van der Waals surface area contributed by atoms with Crippen molar-refractivity contribution in [2.45, 2.75) is 5.16 Å². The highest BCUT2D eigenvalue weighted by Gasteiger charge is 2.14. The van der Waals surface area contributed by atoms with Crippen LogP contribution in [0.5, 0.6) is 11.5 Å².